The van der Waals surface area contributed by atoms with Gasteiger partial charge in [0.2, 0.25) is 5.65 Å². The van der Waals surface area contributed by atoms with E-state index in [-0.39, 0.29) is 0 Å². The molecule has 6 rings (SSSR count). The molecule has 0 bridgehead atoms. The fourth-order valence-corrected chi connectivity index (χ4v) is 4.20. The van der Waals surface area contributed by atoms with Gasteiger partial charge >= 0.3 is 5.95 Å². The van der Waals surface area contributed by atoms with Crippen molar-refractivity contribution in [1.29, 1.82) is 5.26 Å². The van der Waals surface area contributed by atoms with E-state index < -0.39 is 0 Å². The summed E-state index contributed by atoms with van der Waals surface area (Å²) in [6, 6.07) is 17.6. The minimum atomic E-state index is 0.524. The number of nitriles is 1. The van der Waals surface area contributed by atoms with Gasteiger partial charge in [-0.15, -0.1) is 0 Å². The molecule has 0 spiro atoms. The van der Waals surface area contributed by atoms with E-state index in [0.717, 1.165) is 27.5 Å². The summed E-state index contributed by atoms with van der Waals surface area (Å²) in [6.45, 7) is 2.02. The summed E-state index contributed by atoms with van der Waals surface area (Å²) in [4.78, 5) is 15.8. The molecule has 0 unspecified atom stereocenters. The maximum atomic E-state index is 9.03. The molecule has 3 N–H and O–H groups in total. The van der Waals surface area contributed by atoms with Gasteiger partial charge in [0, 0.05) is 17.8 Å². The van der Waals surface area contributed by atoms with Crippen LogP contribution in [0.5, 0.6) is 11.6 Å². The average molecular weight is 433 g/mol. The molecule has 7 nitrogen and oxygen atoms in total. The third kappa shape index (κ3) is 3.52. The number of pyridine rings is 1. The number of aromatic nitrogens is 4. The molecule has 1 fully saturated rings. The molecule has 0 radical (unpaired) electrons. The summed E-state index contributed by atoms with van der Waals surface area (Å²) in [5.74, 6) is 2.43. The molecule has 0 atom stereocenters. The lowest BCUT2D eigenvalue weighted by Gasteiger charge is -2.11. The van der Waals surface area contributed by atoms with Gasteiger partial charge in [0.05, 0.1) is 17.3 Å². The Morgan fingerprint density at radius 2 is 2.00 bits per heavy atom. The van der Waals surface area contributed by atoms with Crippen molar-refractivity contribution in [3.63, 3.8) is 0 Å². The number of rotatable bonds is 5. The highest BCUT2D eigenvalue weighted by Crippen LogP contribution is 2.44. The number of H-pyrrole nitrogens is 2. The van der Waals surface area contributed by atoms with Crippen molar-refractivity contribution in [3.05, 3.63) is 77.6 Å². The molecule has 0 aliphatic heterocycles. The number of aryl methyl sites for hydroxylation is 1. The van der Waals surface area contributed by atoms with Crippen molar-refractivity contribution in [1.82, 2.24) is 15.0 Å². The van der Waals surface area contributed by atoms with Gasteiger partial charge in [-0.3, -0.25) is 4.98 Å². The number of hydrogen-bond acceptors (Lipinski definition) is 5. The van der Waals surface area contributed by atoms with Crippen LogP contribution < -0.4 is 15.0 Å². The van der Waals surface area contributed by atoms with Crippen LogP contribution in [0.2, 0.25) is 0 Å². The normalized spacial score (nSPS) is 13.2. The van der Waals surface area contributed by atoms with Gasteiger partial charge in [-0.25, -0.2) is 10.3 Å². The molecular formula is C26H21N6O+. The van der Waals surface area contributed by atoms with Crippen LogP contribution >= 0.6 is 0 Å². The predicted molar refractivity (Wildman–Crippen MR) is 126 cm³/mol. The second-order valence-electron chi connectivity index (χ2n) is 8.35. The third-order valence-corrected chi connectivity index (χ3v) is 6.01. The van der Waals surface area contributed by atoms with E-state index in [1.807, 2.05) is 37.4 Å². The molecule has 3 heterocycles. The molecule has 1 aliphatic carbocycles. The summed E-state index contributed by atoms with van der Waals surface area (Å²) in [7, 11) is 0. The summed E-state index contributed by atoms with van der Waals surface area (Å²) in [5, 5.41) is 14.3. The Balaban J connectivity index is 1.42. The number of fused-ring (bicyclic) bond motifs is 2. The first-order valence-corrected chi connectivity index (χ1v) is 10.9. The second kappa shape index (κ2) is 7.61. The van der Waals surface area contributed by atoms with Crippen LogP contribution in [-0.4, -0.2) is 15.0 Å². The Morgan fingerprint density at radius 3 is 2.79 bits per heavy atom. The van der Waals surface area contributed by atoms with Gasteiger partial charge in [0.25, 0.3) is 5.88 Å². The average Bonchev–Trinajstić information content (AvgIpc) is 3.62. The van der Waals surface area contributed by atoms with Crippen LogP contribution in [0, 0.1) is 18.3 Å². The Labute approximate surface area is 190 Å². The lowest BCUT2D eigenvalue weighted by atomic mass is 10.0. The number of hydrogen-bond donors (Lipinski definition) is 2. The van der Waals surface area contributed by atoms with Crippen molar-refractivity contribution < 1.29 is 9.72 Å². The van der Waals surface area contributed by atoms with E-state index in [1.165, 1.54) is 18.4 Å². The van der Waals surface area contributed by atoms with Gasteiger partial charge in [-0.1, -0.05) is 17.1 Å². The van der Waals surface area contributed by atoms with Gasteiger partial charge in [-0.05, 0) is 73.2 Å². The van der Waals surface area contributed by atoms with Crippen molar-refractivity contribution in [2.24, 2.45) is 0 Å². The van der Waals surface area contributed by atoms with Crippen LogP contribution in [0.1, 0.15) is 35.4 Å². The molecule has 1 aliphatic rings. The number of anilines is 2. The van der Waals surface area contributed by atoms with Crippen LogP contribution in [0.15, 0.2) is 60.9 Å². The molecule has 7 heteroatoms. The summed E-state index contributed by atoms with van der Waals surface area (Å²) >= 11 is 0. The van der Waals surface area contributed by atoms with Crippen molar-refractivity contribution in [2.75, 3.05) is 5.32 Å². The highest BCUT2D eigenvalue weighted by Gasteiger charge is 2.27. The Kier molecular flexibility index (Phi) is 4.44. The zero-order valence-corrected chi connectivity index (χ0v) is 18.0. The first-order chi connectivity index (χ1) is 16.2. The van der Waals surface area contributed by atoms with E-state index in [2.05, 4.69) is 43.5 Å². The minimum absolute atomic E-state index is 0.524. The van der Waals surface area contributed by atoms with E-state index in [4.69, 9.17) is 10.00 Å². The van der Waals surface area contributed by atoms with Crippen LogP contribution in [0.3, 0.4) is 0 Å². The Bertz CT molecular complexity index is 1540. The predicted octanol–water partition coefficient (Wildman–Crippen LogP) is 5.52. The Morgan fingerprint density at radius 1 is 1.15 bits per heavy atom. The topological polar surface area (TPSA) is 101 Å². The fourth-order valence-electron chi connectivity index (χ4n) is 4.20. The van der Waals surface area contributed by atoms with Crippen molar-refractivity contribution in [2.45, 2.75) is 25.7 Å². The van der Waals surface area contributed by atoms with Crippen LogP contribution in [0.4, 0.5) is 11.6 Å². The molecule has 5 aromatic rings. The lowest BCUT2D eigenvalue weighted by molar-refractivity contribution is -0.375. The van der Waals surface area contributed by atoms with E-state index in [1.54, 1.807) is 18.3 Å². The monoisotopic (exact) mass is 433 g/mol. The standard InChI is InChI=1S/C26H20N6O/c1-15-14-29-24-22(15)25(32-26(31-24)30-18-8-4-16(13-27)5-9-18)33-21-11-10-19(17-6-7-17)20-3-2-12-28-23(20)21/h2-5,8-12,14,17H,6-7H2,1H3,(H2,29,30,31,32)/p+1. The first kappa shape index (κ1) is 19.3. The molecule has 3 aromatic heterocycles. The number of nitrogens with one attached hydrogen (secondary N) is 3. The van der Waals surface area contributed by atoms with Gasteiger partial charge in [0.1, 0.15) is 10.9 Å². The zero-order valence-electron chi connectivity index (χ0n) is 18.0. The highest BCUT2D eigenvalue weighted by molar-refractivity contribution is 5.89. The SMILES string of the molecule is Cc1c[nH]c2nc(Nc3ccc(C#N)cc3)[nH+]c(Oc3ccc(C4CC4)c4cccnc34)c12. The van der Waals surface area contributed by atoms with E-state index in [0.29, 0.717) is 34.7 Å². The number of aromatic amines is 2. The summed E-state index contributed by atoms with van der Waals surface area (Å²) in [5.41, 5.74) is 5.35. The number of nitrogens with zero attached hydrogens (tertiary/aromatic N) is 3. The smallest absolute Gasteiger partial charge is 0.399 e. The van der Waals surface area contributed by atoms with E-state index in [9.17, 15) is 0 Å². The minimum Gasteiger partial charge on any atom is -0.426 e. The fraction of sp³-hybridized carbons (Fsp3) is 0.154. The molecule has 33 heavy (non-hydrogen) atoms. The van der Waals surface area contributed by atoms with Crippen LogP contribution in [0.25, 0.3) is 21.9 Å². The quantitative estimate of drug-likeness (QED) is 0.380. The largest absolute Gasteiger partial charge is 0.426 e. The maximum absolute atomic E-state index is 9.03. The zero-order chi connectivity index (χ0) is 22.4. The molecule has 0 saturated heterocycles. The number of benzene rings is 2. The van der Waals surface area contributed by atoms with Gasteiger partial charge in [0.15, 0.2) is 5.75 Å². The van der Waals surface area contributed by atoms with Crippen molar-refractivity contribution >= 4 is 33.6 Å². The molecule has 2 aromatic carbocycles. The Hall–Kier alpha value is -4.44. The summed E-state index contributed by atoms with van der Waals surface area (Å²) in [6.07, 6.45) is 6.18. The number of ether oxygens (including phenoxy) is 1. The maximum Gasteiger partial charge on any atom is 0.399 e. The van der Waals surface area contributed by atoms with Crippen molar-refractivity contribution in [3.8, 4) is 17.7 Å². The first-order valence-electron chi connectivity index (χ1n) is 10.9. The molecule has 160 valence electrons. The summed E-state index contributed by atoms with van der Waals surface area (Å²) < 4.78 is 6.45. The molecule has 0 amide bonds. The second-order valence-corrected chi connectivity index (χ2v) is 8.35. The lowest BCUT2D eigenvalue weighted by Crippen LogP contribution is -2.16. The van der Waals surface area contributed by atoms with Gasteiger partial charge < -0.3 is 9.72 Å². The molecular weight excluding hydrogens is 412 g/mol. The van der Waals surface area contributed by atoms with Crippen LogP contribution in [-0.2, 0) is 0 Å². The van der Waals surface area contributed by atoms with Gasteiger partial charge in [-0.2, -0.15) is 5.26 Å². The molecule has 1 saturated carbocycles. The third-order valence-electron chi connectivity index (χ3n) is 6.01. The van der Waals surface area contributed by atoms with E-state index >= 15 is 0 Å². The highest BCUT2D eigenvalue weighted by atomic mass is 16.5.